The summed E-state index contributed by atoms with van der Waals surface area (Å²) < 4.78 is 0. The van der Waals surface area contributed by atoms with E-state index in [1.54, 1.807) is 0 Å². The lowest BCUT2D eigenvalue weighted by atomic mass is 10.1. The first-order chi connectivity index (χ1) is 11.2. The van der Waals surface area contributed by atoms with Crippen molar-refractivity contribution in [3.05, 3.63) is 83.9 Å². The van der Waals surface area contributed by atoms with E-state index < -0.39 is 0 Å². The summed E-state index contributed by atoms with van der Waals surface area (Å²) in [4.78, 5) is 0. The van der Waals surface area contributed by atoms with Gasteiger partial charge in [0.05, 0.1) is 0 Å². The van der Waals surface area contributed by atoms with Crippen molar-refractivity contribution >= 4 is 12.2 Å². The van der Waals surface area contributed by atoms with E-state index in [9.17, 15) is 0 Å². The molecule has 2 N–H and O–H groups in total. The molecule has 0 radical (unpaired) electrons. The summed E-state index contributed by atoms with van der Waals surface area (Å²) in [6.07, 6.45) is 3.76. The highest BCUT2D eigenvalue weighted by Gasteiger charge is 2.02. The first-order valence-corrected chi connectivity index (χ1v) is 8.08. The summed E-state index contributed by atoms with van der Waals surface area (Å²) in [7, 11) is 0. The molecule has 0 amide bonds. The molecule has 0 aromatic heterocycles. The second-order valence-electron chi connectivity index (χ2n) is 5.81. The van der Waals surface area contributed by atoms with Crippen LogP contribution in [0, 0.1) is 0 Å². The lowest BCUT2D eigenvalue weighted by Gasteiger charge is -2.15. The van der Waals surface area contributed by atoms with Gasteiger partial charge in [-0.25, -0.2) is 0 Å². The topological polar surface area (TPSA) is 24.1 Å². The Bertz CT molecular complexity index is 646. The van der Waals surface area contributed by atoms with E-state index >= 15 is 0 Å². The third-order valence-corrected chi connectivity index (χ3v) is 3.81. The molecule has 1 unspecified atom stereocenters. The molecule has 2 nitrogen and oxygen atoms in total. The summed E-state index contributed by atoms with van der Waals surface area (Å²) in [5, 5.41) is 7.04. The molecule has 1 atom stereocenters. The van der Waals surface area contributed by atoms with Crippen LogP contribution >= 0.6 is 0 Å². The molecule has 0 fully saturated rings. The molecule has 0 spiro atoms. The molecule has 0 aliphatic heterocycles. The van der Waals surface area contributed by atoms with Gasteiger partial charge < -0.3 is 10.6 Å². The maximum Gasteiger partial charge on any atom is 0.0208 e. The van der Waals surface area contributed by atoms with Crippen molar-refractivity contribution in [1.29, 1.82) is 0 Å². The fraction of sp³-hybridized carbons (Fsp3) is 0.238. The number of rotatable bonds is 9. The zero-order chi connectivity index (χ0) is 16.5. The zero-order valence-electron chi connectivity index (χ0n) is 13.9. The van der Waals surface area contributed by atoms with Gasteiger partial charge in [-0.3, -0.25) is 0 Å². The lowest BCUT2D eigenvalue weighted by Crippen LogP contribution is -2.35. The Kier molecular flexibility index (Phi) is 6.79. The Morgan fingerprint density at radius 1 is 0.913 bits per heavy atom. The van der Waals surface area contributed by atoms with Gasteiger partial charge in [0.2, 0.25) is 0 Å². The lowest BCUT2D eigenvalue weighted by molar-refractivity contribution is 0.501. The fourth-order valence-corrected chi connectivity index (χ4v) is 2.46. The average molecular weight is 306 g/mol. The Labute approximate surface area is 139 Å². The molecule has 0 aliphatic rings. The molecule has 2 aromatic rings. The maximum atomic E-state index is 3.81. The standard InChI is InChI=1S/C21H26N2/c1-4-18-8-6-10-20(12-18)15-22-14-17(3)23-16-21-11-7-9-19(5-2)13-21/h4-13,17,22-23H,1-2,14-16H2,3H3. The van der Waals surface area contributed by atoms with Crippen molar-refractivity contribution in [3.8, 4) is 0 Å². The molecule has 23 heavy (non-hydrogen) atoms. The molecule has 2 rings (SSSR count). The summed E-state index contributed by atoms with van der Waals surface area (Å²) in [5.41, 5.74) is 4.90. The summed E-state index contributed by atoms with van der Waals surface area (Å²) in [5.74, 6) is 0. The molecule has 2 aromatic carbocycles. The van der Waals surface area contributed by atoms with Gasteiger partial charge in [0.1, 0.15) is 0 Å². The van der Waals surface area contributed by atoms with Crippen LogP contribution < -0.4 is 10.6 Å². The zero-order valence-corrected chi connectivity index (χ0v) is 13.9. The molecule has 0 saturated carbocycles. The van der Waals surface area contributed by atoms with E-state index in [4.69, 9.17) is 0 Å². The van der Waals surface area contributed by atoms with E-state index in [0.29, 0.717) is 6.04 Å². The van der Waals surface area contributed by atoms with Crippen LogP contribution in [0.1, 0.15) is 29.2 Å². The Morgan fingerprint density at radius 3 is 2.04 bits per heavy atom. The van der Waals surface area contributed by atoms with E-state index in [-0.39, 0.29) is 0 Å². The first kappa shape index (κ1) is 17.2. The van der Waals surface area contributed by atoms with Crippen molar-refractivity contribution in [2.45, 2.75) is 26.1 Å². The first-order valence-electron chi connectivity index (χ1n) is 8.08. The SMILES string of the molecule is C=Cc1cccc(CNCC(C)NCc2cccc(C=C)c2)c1. The van der Waals surface area contributed by atoms with Crippen molar-refractivity contribution in [1.82, 2.24) is 10.6 Å². The molecule has 0 bridgehead atoms. The van der Waals surface area contributed by atoms with Gasteiger partial charge >= 0.3 is 0 Å². The van der Waals surface area contributed by atoms with E-state index in [1.807, 2.05) is 12.2 Å². The van der Waals surface area contributed by atoms with Gasteiger partial charge in [0, 0.05) is 25.7 Å². The predicted octanol–water partition coefficient (Wildman–Crippen LogP) is 4.24. The summed E-state index contributed by atoms with van der Waals surface area (Å²) in [6.45, 7) is 12.5. The highest BCUT2D eigenvalue weighted by Crippen LogP contribution is 2.07. The largest absolute Gasteiger partial charge is 0.311 e. The second-order valence-corrected chi connectivity index (χ2v) is 5.81. The van der Waals surface area contributed by atoms with Crippen LogP contribution in [0.15, 0.2) is 61.7 Å². The molecular formula is C21H26N2. The number of nitrogens with one attached hydrogen (secondary N) is 2. The van der Waals surface area contributed by atoms with Gasteiger partial charge in [-0.2, -0.15) is 0 Å². The van der Waals surface area contributed by atoms with Gasteiger partial charge in [-0.1, -0.05) is 73.8 Å². The minimum absolute atomic E-state index is 0.407. The second kappa shape index (κ2) is 9.09. The van der Waals surface area contributed by atoms with Crippen molar-refractivity contribution < 1.29 is 0 Å². The summed E-state index contributed by atoms with van der Waals surface area (Å²) in [6, 6.07) is 17.3. The normalized spacial score (nSPS) is 11.9. The van der Waals surface area contributed by atoms with E-state index in [0.717, 1.165) is 30.8 Å². The maximum absolute atomic E-state index is 3.81. The monoisotopic (exact) mass is 306 g/mol. The highest BCUT2D eigenvalue weighted by molar-refractivity contribution is 5.48. The molecule has 0 aliphatic carbocycles. The van der Waals surface area contributed by atoms with Crippen molar-refractivity contribution in [3.63, 3.8) is 0 Å². The van der Waals surface area contributed by atoms with Crippen LogP contribution in [-0.2, 0) is 13.1 Å². The smallest absolute Gasteiger partial charge is 0.0208 e. The minimum Gasteiger partial charge on any atom is -0.311 e. The molecule has 120 valence electrons. The highest BCUT2D eigenvalue weighted by atomic mass is 15.0. The Hall–Kier alpha value is -2.16. The number of benzene rings is 2. The van der Waals surface area contributed by atoms with Gasteiger partial charge in [-0.05, 0) is 29.2 Å². The fourth-order valence-electron chi connectivity index (χ4n) is 2.46. The van der Waals surface area contributed by atoms with E-state index in [1.165, 1.54) is 11.1 Å². The van der Waals surface area contributed by atoms with Crippen LogP contribution in [0.2, 0.25) is 0 Å². The molecule has 0 saturated heterocycles. The van der Waals surface area contributed by atoms with E-state index in [2.05, 4.69) is 79.2 Å². The van der Waals surface area contributed by atoms with Crippen molar-refractivity contribution in [2.75, 3.05) is 6.54 Å². The third kappa shape index (κ3) is 5.85. The van der Waals surface area contributed by atoms with Crippen LogP contribution in [0.3, 0.4) is 0 Å². The number of hydrogen-bond donors (Lipinski definition) is 2. The Balaban J connectivity index is 1.73. The van der Waals surface area contributed by atoms with Crippen LogP contribution in [0.4, 0.5) is 0 Å². The third-order valence-electron chi connectivity index (χ3n) is 3.81. The molecule has 2 heteroatoms. The average Bonchev–Trinajstić information content (AvgIpc) is 2.60. The number of hydrogen-bond acceptors (Lipinski definition) is 2. The van der Waals surface area contributed by atoms with Gasteiger partial charge in [-0.15, -0.1) is 0 Å². The minimum atomic E-state index is 0.407. The quantitative estimate of drug-likeness (QED) is 0.724. The van der Waals surface area contributed by atoms with Crippen LogP contribution in [0.25, 0.3) is 12.2 Å². The van der Waals surface area contributed by atoms with Gasteiger partial charge in [0.25, 0.3) is 0 Å². The van der Waals surface area contributed by atoms with Gasteiger partial charge in [0.15, 0.2) is 0 Å². The Morgan fingerprint density at radius 2 is 1.48 bits per heavy atom. The van der Waals surface area contributed by atoms with Crippen LogP contribution in [-0.4, -0.2) is 12.6 Å². The molecular weight excluding hydrogens is 280 g/mol. The predicted molar refractivity (Wildman–Crippen MR) is 101 cm³/mol. The summed E-state index contributed by atoms with van der Waals surface area (Å²) >= 11 is 0. The molecule has 0 heterocycles. The van der Waals surface area contributed by atoms with Crippen LogP contribution in [0.5, 0.6) is 0 Å². The van der Waals surface area contributed by atoms with Crippen molar-refractivity contribution in [2.24, 2.45) is 0 Å².